The Hall–Kier alpha value is -6.07. The van der Waals surface area contributed by atoms with Crippen molar-refractivity contribution in [2.45, 2.75) is 6.92 Å². The fourth-order valence-corrected chi connectivity index (χ4v) is 6.80. The number of rotatable bonds is 4. The summed E-state index contributed by atoms with van der Waals surface area (Å²) in [7, 11) is 0. The zero-order valence-corrected chi connectivity index (χ0v) is 24.6. The molecule has 0 N–H and O–H groups in total. The van der Waals surface area contributed by atoms with E-state index in [0.717, 1.165) is 44.6 Å². The van der Waals surface area contributed by atoms with E-state index in [2.05, 4.69) is 155 Å². The standard InChI is InChI=1S/C40H27N5/c1-26-41-39(31-18-6-12-24-37(31)44-33-20-8-2-14-27(33)28-15-3-9-21-34(28)44)43-40(42-26)32-19-7-13-25-38(32)45-35-22-10-4-16-29(35)30-17-5-11-23-36(30)45/h2-25H,1H3. The van der Waals surface area contributed by atoms with Crippen LogP contribution in [0.4, 0.5) is 0 Å². The Labute approximate surface area is 259 Å². The topological polar surface area (TPSA) is 48.5 Å². The van der Waals surface area contributed by atoms with E-state index in [1.54, 1.807) is 0 Å². The van der Waals surface area contributed by atoms with E-state index >= 15 is 0 Å². The monoisotopic (exact) mass is 577 g/mol. The quantitative estimate of drug-likeness (QED) is 0.209. The molecule has 0 saturated heterocycles. The lowest BCUT2D eigenvalue weighted by Crippen LogP contribution is -2.05. The molecule has 0 saturated carbocycles. The lowest BCUT2D eigenvalue weighted by atomic mass is 10.1. The summed E-state index contributed by atoms with van der Waals surface area (Å²) in [5.41, 5.74) is 8.55. The maximum absolute atomic E-state index is 5.19. The molecule has 0 spiro atoms. The van der Waals surface area contributed by atoms with Crippen molar-refractivity contribution in [2.75, 3.05) is 0 Å². The third-order valence-corrected chi connectivity index (χ3v) is 8.68. The summed E-state index contributed by atoms with van der Waals surface area (Å²) in [6.07, 6.45) is 0. The minimum absolute atomic E-state index is 0.645. The van der Waals surface area contributed by atoms with Gasteiger partial charge in [-0.25, -0.2) is 15.0 Å². The van der Waals surface area contributed by atoms with Gasteiger partial charge < -0.3 is 9.13 Å². The van der Waals surface area contributed by atoms with E-state index in [4.69, 9.17) is 15.0 Å². The van der Waals surface area contributed by atoms with Crippen LogP contribution in [0.15, 0.2) is 146 Å². The third kappa shape index (κ3) is 3.91. The molecule has 9 aromatic rings. The van der Waals surface area contributed by atoms with Gasteiger partial charge in [0.1, 0.15) is 5.82 Å². The van der Waals surface area contributed by atoms with Gasteiger partial charge in [-0.1, -0.05) is 97.1 Å². The molecule has 9 rings (SSSR count). The maximum atomic E-state index is 5.19. The zero-order valence-electron chi connectivity index (χ0n) is 24.6. The Balaban J connectivity index is 1.28. The van der Waals surface area contributed by atoms with Crippen LogP contribution in [-0.4, -0.2) is 24.1 Å². The van der Waals surface area contributed by atoms with E-state index in [0.29, 0.717) is 17.5 Å². The lowest BCUT2D eigenvalue weighted by molar-refractivity contribution is 0.985. The van der Waals surface area contributed by atoms with Crippen LogP contribution in [0.3, 0.4) is 0 Å². The van der Waals surface area contributed by atoms with Crippen LogP contribution in [0.1, 0.15) is 5.82 Å². The van der Waals surface area contributed by atoms with Crippen LogP contribution in [0.25, 0.3) is 77.8 Å². The van der Waals surface area contributed by atoms with Gasteiger partial charge in [-0.05, 0) is 55.5 Å². The Morgan fingerprint density at radius 2 is 0.667 bits per heavy atom. The average molecular weight is 578 g/mol. The van der Waals surface area contributed by atoms with Crippen molar-refractivity contribution < 1.29 is 0 Å². The molecule has 0 aliphatic carbocycles. The summed E-state index contributed by atoms with van der Waals surface area (Å²) < 4.78 is 4.65. The van der Waals surface area contributed by atoms with Crippen LogP contribution >= 0.6 is 0 Å². The van der Waals surface area contributed by atoms with Gasteiger partial charge in [-0.3, -0.25) is 0 Å². The number of aromatic nitrogens is 5. The number of para-hydroxylation sites is 6. The molecule has 0 atom stereocenters. The minimum atomic E-state index is 0.645. The van der Waals surface area contributed by atoms with E-state index in [9.17, 15) is 0 Å². The molecular weight excluding hydrogens is 550 g/mol. The molecule has 0 unspecified atom stereocenters. The van der Waals surface area contributed by atoms with E-state index in [1.165, 1.54) is 21.5 Å². The van der Waals surface area contributed by atoms with Crippen molar-refractivity contribution in [3.8, 4) is 34.2 Å². The van der Waals surface area contributed by atoms with Crippen molar-refractivity contribution in [3.63, 3.8) is 0 Å². The first kappa shape index (κ1) is 25.4. The second-order valence-electron chi connectivity index (χ2n) is 11.3. The molecule has 0 aliphatic rings. The lowest BCUT2D eigenvalue weighted by Gasteiger charge is -2.15. The number of hydrogen-bond acceptors (Lipinski definition) is 3. The molecule has 5 heteroatoms. The summed E-state index contributed by atoms with van der Waals surface area (Å²) in [4.78, 5) is 15.0. The summed E-state index contributed by atoms with van der Waals surface area (Å²) in [5, 5.41) is 4.87. The second-order valence-corrected chi connectivity index (χ2v) is 11.3. The third-order valence-electron chi connectivity index (χ3n) is 8.68. The van der Waals surface area contributed by atoms with Gasteiger partial charge in [0.05, 0.1) is 33.4 Å². The first-order valence-corrected chi connectivity index (χ1v) is 15.1. The number of aryl methyl sites for hydroxylation is 1. The largest absolute Gasteiger partial charge is 0.309 e. The maximum Gasteiger partial charge on any atom is 0.165 e. The molecule has 45 heavy (non-hydrogen) atoms. The number of hydrogen-bond donors (Lipinski definition) is 0. The van der Waals surface area contributed by atoms with Gasteiger partial charge in [0, 0.05) is 32.7 Å². The van der Waals surface area contributed by atoms with E-state index in [-0.39, 0.29) is 0 Å². The van der Waals surface area contributed by atoms with Crippen LogP contribution in [0, 0.1) is 6.92 Å². The molecule has 6 aromatic carbocycles. The zero-order chi connectivity index (χ0) is 29.9. The minimum Gasteiger partial charge on any atom is -0.309 e. The summed E-state index contributed by atoms with van der Waals surface area (Å²) in [5.74, 6) is 1.96. The number of benzene rings is 6. The molecule has 0 bridgehead atoms. The smallest absolute Gasteiger partial charge is 0.165 e. The highest BCUT2D eigenvalue weighted by Gasteiger charge is 2.20. The molecule has 5 nitrogen and oxygen atoms in total. The summed E-state index contributed by atoms with van der Waals surface area (Å²) in [6.45, 7) is 1.95. The Kier molecular flexibility index (Phi) is 5.65. The van der Waals surface area contributed by atoms with E-state index in [1.807, 2.05) is 6.92 Å². The normalized spacial score (nSPS) is 11.7. The molecule has 212 valence electrons. The fourth-order valence-electron chi connectivity index (χ4n) is 6.80. The Bertz CT molecular complexity index is 2290. The van der Waals surface area contributed by atoms with Gasteiger partial charge in [-0.15, -0.1) is 0 Å². The fraction of sp³-hybridized carbons (Fsp3) is 0.0250. The van der Waals surface area contributed by atoms with Gasteiger partial charge in [0.2, 0.25) is 0 Å². The van der Waals surface area contributed by atoms with Crippen molar-refractivity contribution in [1.82, 2.24) is 24.1 Å². The highest BCUT2D eigenvalue weighted by Crippen LogP contribution is 2.37. The molecule has 3 heterocycles. The number of fused-ring (bicyclic) bond motifs is 6. The van der Waals surface area contributed by atoms with Crippen LogP contribution < -0.4 is 0 Å². The SMILES string of the molecule is Cc1nc(-c2ccccc2-n2c3ccccc3c3ccccc32)nc(-c2ccccc2-n2c3ccccc3c3ccccc32)n1. The predicted molar refractivity (Wildman–Crippen MR) is 184 cm³/mol. The van der Waals surface area contributed by atoms with E-state index < -0.39 is 0 Å². The van der Waals surface area contributed by atoms with Crippen molar-refractivity contribution in [2.24, 2.45) is 0 Å². The van der Waals surface area contributed by atoms with Crippen molar-refractivity contribution in [1.29, 1.82) is 0 Å². The molecule has 0 amide bonds. The van der Waals surface area contributed by atoms with Crippen LogP contribution in [0.5, 0.6) is 0 Å². The first-order chi connectivity index (χ1) is 22.3. The van der Waals surface area contributed by atoms with Crippen LogP contribution in [-0.2, 0) is 0 Å². The number of nitrogens with zero attached hydrogens (tertiary/aromatic N) is 5. The average Bonchev–Trinajstić information content (AvgIpc) is 3.61. The summed E-state index contributed by atoms with van der Waals surface area (Å²) in [6, 6.07) is 51.0. The molecule has 3 aromatic heterocycles. The van der Waals surface area contributed by atoms with Crippen molar-refractivity contribution in [3.05, 3.63) is 151 Å². The molecular formula is C40H27N5. The van der Waals surface area contributed by atoms with Crippen LogP contribution in [0.2, 0.25) is 0 Å². The van der Waals surface area contributed by atoms with Crippen molar-refractivity contribution >= 4 is 43.6 Å². The highest BCUT2D eigenvalue weighted by molar-refractivity contribution is 6.10. The Morgan fingerprint density at radius 3 is 1.04 bits per heavy atom. The summed E-state index contributed by atoms with van der Waals surface area (Å²) >= 11 is 0. The van der Waals surface area contributed by atoms with Gasteiger partial charge in [-0.2, -0.15) is 0 Å². The van der Waals surface area contributed by atoms with Gasteiger partial charge in [0.15, 0.2) is 11.6 Å². The molecule has 0 aliphatic heterocycles. The Morgan fingerprint density at radius 1 is 0.356 bits per heavy atom. The predicted octanol–water partition coefficient (Wildman–Crippen LogP) is 9.71. The molecule has 0 fully saturated rings. The first-order valence-electron chi connectivity index (χ1n) is 15.1. The molecule has 0 radical (unpaired) electrons. The highest BCUT2D eigenvalue weighted by atomic mass is 15.1. The van der Waals surface area contributed by atoms with Gasteiger partial charge >= 0.3 is 0 Å². The van der Waals surface area contributed by atoms with Gasteiger partial charge in [0.25, 0.3) is 0 Å². The second kappa shape index (κ2) is 10.00.